The Hall–Kier alpha value is -3.04. The number of hydrogen-bond acceptors (Lipinski definition) is 5. The molecule has 0 spiro atoms. The van der Waals surface area contributed by atoms with Crippen LogP contribution in [0.2, 0.25) is 0 Å². The van der Waals surface area contributed by atoms with Gasteiger partial charge in [-0.25, -0.2) is 9.37 Å². The van der Waals surface area contributed by atoms with Gasteiger partial charge in [0, 0.05) is 29.9 Å². The van der Waals surface area contributed by atoms with Crippen LogP contribution in [0.4, 0.5) is 4.39 Å². The van der Waals surface area contributed by atoms with E-state index in [0.717, 1.165) is 11.3 Å². The Morgan fingerprint density at radius 2 is 1.96 bits per heavy atom. The van der Waals surface area contributed by atoms with Crippen molar-refractivity contribution in [1.82, 2.24) is 9.97 Å². The molecule has 0 fully saturated rings. The van der Waals surface area contributed by atoms with Crippen molar-refractivity contribution in [3.05, 3.63) is 77.9 Å². The number of ketones is 1. The van der Waals surface area contributed by atoms with E-state index < -0.39 is 0 Å². The first kappa shape index (κ1) is 18.7. The third-order valence-electron chi connectivity index (χ3n) is 3.89. The molecule has 3 aromatic rings. The number of Topliss-reactive ketones (excluding diaryl/α,β-unsaturated/α-hetero) is 1. The molecular weight excluding hydrogens is 361 g/mol. The summed E-state index contributed by atoms with van der Waals surface area (Å²) in [4.78, 5) is 20.8. The van der Waals surface area contributed by atoms with Crippen LogP contribution in [0.3, 0.4) is 0 Å². The molecule has 0 N–H and O–H groups in total. The van der Waals surface area contributed by atoms with Gasteiger partial charge >= 0.3 is 0 Å². The van der Waals surface area contributed by atoms with E-state index in [9.17, 15) is 14.4 Å². The predicted octanol–water partition coefficient (Wildman–Crippen LogP) is 4.91. The van der Waals surface area contributed by atoms with E-state index in [1.54, 1.807) is 24.5 Å². The SMILES string of the molecule is N#Cc1ccc(-c2cccnc2)nc1SCCCC(=O)c1ccc(F)cc1. The summed E-state index contributed by atoms with van der Waals surface area (Å²) in [6.45, 7) is 0. The molecule has 0 atom stereocenters. The minimum atomic E-state index is -0.356. The van der Waals surface area contributed by atoms with Crippen molar-refractivity contribution < 1.29 is 9.18 Å². The van der Waals surface area contributed by atoms with Gasteiger partial charge in [0.25, 0.3) is 0 Å². The molecule has 27 heavy (non-hydrogen) atoms. The molecule has 2 heterocycles. The van der Waals surface area contributed by atoms with E-state index in [2.05, 4.69) is 16.0 Å². The smallest absolute Gasteiger partial charge is 0.162 e. The summed E-state index contributed by atoms with van der Waals surface area (Å²) >= 11 is 1.45. The number of carbonyl (C=O) groups is 1. The molecular formula is C21H16FN3OS. The summed E-state index contributed by atoms with van der Waals surface area (Å²) in [6, 6.07) is 15.0. The van der Waals surface area contributed by atoms with E-state index in [1.807, 2.05) is 12.1 Å². The first-order valence-electron chi connectivity index (χ1n) is 8.40. The zero-order valence-electron chi connectivity index (χ0n) is 14.4. The number of halogens is 1. The summed E-state index contributed by atoms with van der Waals surface area (Å²) in [5.74, 6) is 0.282. The molecule has 3 rings (SSSR count). The summed E-state index contributed by atoms with van der Waals surface area (Å²) in [7, 11) is 0. The van der Waals surface area contributed by atoms with E-state index >= 15 is 0 Å². The number of pyridine rings is 2. The number of nitrogens with zero attached hydrogens (tertiary/aromatic N) is 3. The molecule has 0 aliphatic heterocycles. The second-order valence-electron chi connectivity index (χ2n) is 5.78. The molecule has 6 heteroatoms. The topological polar surface area (TPSA) is 66.6 Å². The number of carbonyl (C=O) groups excluding carboxylic acids is 1. The normalized spacial score (nSPS) is 10.4. The van der Waals surface area contributed by atoms with Crippen LogP contribution < -0.4 is 0 Å². The molecule has 2 aromatic heterocycles. The first-order chi connectivity index (χ1) is 13.2. The Labute approximate surface area is 161 Å². The van der Waals surface area contributed by atoms with Crippen LogP contribution in [0.1, 0.15) is 28.8 Å². The molecule has 0 saturated carbocycles. The molecule has 0 aliphatic rings. The van der Waals surface area contributed by atoms with Crippen molar-refractivity contribution in [3.63, 3.8) is 0 Å². The van der Waals surface area contributed by atoms with E-state index in [1.165, 1.54) is 36.0 Å². The highest BCUT2D eigenvalue weighted by atomic mass is 32.2. The molecule has 134 valence electrons. The zero-order chi connectivity index (χ0) is 19.1. The van der Waals surface area contributed by atoms with Gasteiger partial charge in [-0.2, -0.15) is 5.26 Å². The third-order valence-corrected chi connectivity index (χ3v) is 4.97. The fourth-order valence-corrected chi connectivity index (χ4v) is 3.41. The van der Waals surface area contributed by atoms with Crippen LogP contribution >= 0.6 is 11.8 Å². The van der Waals surface area contributed by atoms with Crippen molar-refractivity contribution >= 4 is 17.5 Å². The monoisotopic (exact) mass is 377 g/mol. The molecule has 0 amide bonds. The lowest BCUT2D eigenvalue weighted by molar-refractivity contribution is 0.0982. The number of thioether (sulfide) groups is 1. The highest BCUT2D eigenvalue weighted by Gasteiger charge is 2.10. The zero-order valence-corrected chi connectivity index (χ0v) is 15.2. The lowest BCUT2D eigenvalue weighted by Gasteiger charge is -2.06. The second kappa shape index (κ2) is 9.06. The molecule has 4 nitrogen and oxygen atoms in total. The number of hydrogen-bond donors (Lipinski definition) is 0. The quantitative estimate of drug-likeness (QED) is 0.332. The first-order valence-corrected chi connectivity index (χ1v) is 9.39. The molecule has 0 aliphatic carbocycles. The fourth-order valence-electron chi connectivity index (χ4n) is 2.49. The van der Waals surface area contributed by atoms with Gasteiger partial charge in [-0.3, -0.25) is 9.78 Å². The Morgan fingerprint density at radius 1 is 1.15 bits per heavy atom. The lowest BCUT2D eigenvalue weighted by atomic mass is 10.1. The van der Waals surface area contributed by atoms with Gasteiger partial charge in [0.15, 0.2) is 5.78 Å². The highest BCUT2D eigenvalue weighted by molar-refractivity contribution is 7.99. The Kier molecular flexibility index (Phi) is 6.29. The number of rotatable bonds is 7. The molecule has 0 saturated heterocycles. The number of aromatic nitrogens is 2. The minimum Gasteiger partial charge on any atom is -0.294 e. The van der Waals surface area contributed by atoms with Gasteiger partial charge in [0.05, 0.1) is 11.3 Å². The van der Waals surface area contributed by atoms with Gasteiger partial charge in [-0.1, -0.05) is 0 Å². The second-order valence-corrected chi connectivity index (χ2v) is 6.87. The van der Waals surface area contributed by atoms with E-state index in [-0.39, 0.29) is 11.6 Å². The number of nitriles is 1. The van der Waals surface area contributed by atoms with E-state index in [0.29, 0.717) is 34.7 Å². The van der Waals surface area contributed by atoms with E-state index in [4.69, 9.17) is 0 Å². The van der Waals surface area contributed by atoms with Gasteiger partial charge in [0.1, 0.15) is 16.9 Å². The maximum absolute atomic E-state index is 12.9. The molecule has 0 unspecified atom stereocenters. The van der Waals surface area contributed by atoms with Crippen LogP contribution in [0.5, 0.6) is 0 Å². The van der Waals surface area contributed by atoms with Crippen LogP contribution in [-0.4, -0.2) is 21.5 Å². The predicted molar refractivity (Wildman–Crippen MR) is 103 cm³/mol. The largest absolute Gasteiger partial charge is 0.294 e. The summed E-state index contributed by atoms with van der Waals surface area (Å²) in [6.07, 6.45) is 4.43. The van der Waals surface area contributed by atoms with Gasteiger partial charge in [0.2, 0.25) is 0 Å². The molecule has 1 aromatic carbocycles. The van der Waals surface area contributed by atoms with Crippen molar-refractivity contribution in [2.45, 2.75) is 17.9 Å². The van der Waals surface area contributed by atoms with Crippen LogP contribution in [-0.2, 0) is 0 Å². The lowest BCUT2D eigenvalue weighted by Crippen LogP contribution is -2.00. The highest BCUT2D eigenvalue weighted by Crippen LogP contribution is 2.25. The average Bonchev–Trinajstić information content (AvgIpc) is 2.72. The van der Waals surface area contributed by atoms with Gasteiger partial charge < -0.3 is 0 Å². The summed E-state index contributed by atoms with van der Waals surface area (Å²) in [5, 5.41) is 9.94. The van der Waals surface area contributed by atoms with Crippen LogP contribution in [0.25, 0.3) is 11.3 Å². The summed E-state index contributed by atoms with van der Waals surface area (Å²) < 4.78 is 12.9. The van der Waals surface area contributed by atoms with Gasteiger partial charge in [-0.15, -0.1) is 11.8 Å². The van der Waals surface area contributed by atoms with Crippen molar-refractivity contribution in [1.29, 1.82) is 5.26 Å². The van der Waals surface area contributed by atoms with Crippen LogP contribution in [0, 0.1) is 17.1 Å². The van der Waals surface area contributed by atoms with Crippen molar-refractivity contribution in [2.75, 3.05) is 5.75 Å². The minimum absolute atomic E-state index is 0.0202. The summed E-state index contributed by atoms with van der Waals surface area (Å²) in [5.41, 5.74) is 2.66. The molecule has 0 radical (unpaired) electrons. The maximum atomic E-state index is 12.9. The Bertz CT molecular complexity index is 969. The molecule has 0 bridgehead atoms. The maximum Gasteiger partial charge on any atom is 0.162 e. The number of benzene rings is 1. The van der Waals surface area contributed by atoms with Crippen molar-refractivity contribution in [2.24, 2.45) is 0 Å². The fraction of sp³-hybridized carbons (Fsp3) is 0.143. The van der Waals surface area contributed by atoms with Gasteiger partial charge in [-0.05, 0) is 60.7 Å². The standard InChI is InChI=1S/C21H16FN3OS/c22-18-8-5-15(6-9-18)20(26)4-2-12-27-21-16(13-23)7-10-19(25-21)17-3-1-11-24-14-17/h1,3,5-11,14H,2,4,12H2. The van der Waals surface area contributed by atoms with Crippen LogP contribution in [0.15, 0.2) is 66.0 Å². The average molecular weight is 377 g/mol. The Morgan fingerprint density at radius 3 is 2.67 bits per heavy atom. The van der Waals surface area contributed by atoms with Crippen molar-refractivity contribution in [3.8, 4) is 17.3 Å². The third kappa shape index (κ3) is 4.99. The Balaban J connectivity index is 1.61.